The molecule has 1 atom stereocenters. The fourth-order valence-corrected chi connectivity index (χ4v) is 8.77. The standard InChI is InChI=1S/C52H105/c1-4-7-10-12-14-16-18-20-22-24-26-28-29-31-33-35-37-39-41-43-45-48-51-52(49-46-9-6-3)50-47-44-42-40-38-36-34-32-30-27-25-23-21-19-17-15-13-11-8-5-2/h52H,3-51H2,1-2H3. The van der Waals surface area contributed by atoms with Crippen molar-refractivity contribution in [2.75, 3.05) is 0 Å². The van der Waals surface area contributed by atoms with Crippen molar-refractivity contribution in [3.8, 4) is 0 Å². The molecule has 1 radical (unpaired) electrons. The van der Waals surface area contributed by atoms with E-state index in [1.165, 1.54) is 302 Å². The Balaban J connectivity index is 3.47. The lowest BCUT2D eigenvalue weighted by molar-refractivity contribution is 0.368. The van der Waals surface area contributed by atoms with Gasteiger partial charge in [-0.15, -0.1) is 0 Å². The lowest BCUT2D eigenvalue weighted by atomic mass is 9.89. The number of unbranched alkanes of at least 4 members (excludes halogenated alkanes) is 42. The quantitative estimate of drug-likeness (QED) is 0.0547. The third-order valence-electron chi connectivity index (χ3n) is 12.5. The molecule has 0 spiro atoms. The summed E-state index contributed by atoms with van der Waals surface area (Å²) in [5, 5.41) is 0. The second kappa shape index (κ2) is 49.0. The summed E-state index contributed by atoms with van der Waals surface area (Å²) < 4.78 is 0. The smallest absolute Gasteiger partial charge is 0.0414 e. The highest BCUT2D eigenvalue weighted by atomic mass is 14.1. The van der Waals surface area contributed by atoms with Gasteiger partial charge in [0, 0.05) is 0 Å². The number of hydrogen-bond donors (Lipinski definition) is 0. The second-order valence-corrected chi connectivity index (χ2v) is 17.9. The number of hydrogen-bond acceptors (Lipinski definition) is 0. The van der Waals surface area contributed by atoms with Crippen LogP contribution in [0.1, 0.15) is 322 Å². The highest BCUT2D eigenvalue weighted by Gasteiger charge is 2.08. The third kappa shape index (κ3) is 46.2. The Kier molecular flexibility index (Phi) is 49.0. The number of rotatable bonds is 48. The highest BCUT2D eigenvalue weighted by Crippen LogP contribution is 2.25. The van der Waals surface area contributed by atoms with Crippen LogP contribution in [0.4, 0.5) is 0 Å². The summed E-state index contributed by atoms with van der Waals surface area (Å²) in [6.07, 6.45) is 70.6. The molecule has 52 heavy (non-hydrogen) atoms. The molecule has 0 aromatic rings. The van der Waals surface area contributed by atoms with Crippen LogP contribution in [0.2, 0.25) is 0 Å². The van der Waals surface area contributed by atoms with Crippen molar-refractivity contribution < 1.29 is 0 Å². The molecule has 0 fully saturated rings. The van der Waals surface area contributed by atoms with Gasteiger partial charge in [0.1, 0.15) is 0 Å². The van der Waals surface area contributed by atoms with Crippen LogP contribution in [0.25, 0.3) is 0 Å². The SMILES string of the molecule is [CH2]CCCCC(CCCCCCCCCCCCCCCCCCCCCC)CCCCCCCCCCCCCCCCCCCCCCCC. The summed E-state index contributed by atoms with van der Waals surface area (Å²) in [7, 11) is 0. The van der Waals surface area contributed by atoms with Crippen LogP contribution in [-0.2, 0) is 0 Å². The maximum Gasteiger partial charge on any atom is -0.0414 e. The van der Waals surface area contributed by atoms with Crippen LogP contribution < -0.4 is 0 Å². The van der Waals surface area contributed by atoms with Crippen molar-refractivity contribution in [2.45, 2.75) is 322 Å². The molecule has 0 aliphatic carbocycles. The largest absolute Gasteiger partial charge is 0.0654 e. The molecule has 0 bridgehead atoms. The predicted octanol–water partition coefficient (Wildman–Crippen LogP) is 20.2. The Hall–Kier alpha value is 0. The zero-order valence-corrected chi connectivity index (χ0v) is 37.2. The maximum absolute atomic E-state index is 4.10. The van der Waals surface area contributed by atoms with E-state index >= 15 is 0 Å². The summed E-state index contributed by atoms with van der Waals surface area (Å²) in [5.74, 6) is 1.01. The minimum absolute atomic E-state index is 1.01. The summed E-state index contributed by atoms with van der Waals surface area (Å²) in [6, 6.07) is 0. The van der Waals surface area contributed by atoms with E-state index < -0.39 is 0 Å². The molecular formula is C52H105. The molecule has 0 saturated carbocycles. The van der Waals surface area contributed by atoms with Crippen molar-refractivity contribution in [3.05, 3.63) is 6.92 Å². The molecule has 0 rings (SSSR count). The Morgan fingerprint density at radius 2 is 0.365 bits per heavy atom. The zero-order chi connectivity index (χ0) is 37.5. The van der Waals surface area contributed by atoms with Crippen LogP contribution in [0.3, 0.4) is 0 Å². The van der Waals surface area contributed by atoms with Gasteiger partial charge in [-0.1, -0.05) is 329 Å². The van der Waals surface area contributed by atoms with Gasteiger partial charge in [0.05, 0.1) is 0 Å². The summed E-state index contributed by atoms with van der Waals surface area (Å²) in [6.45, 7) is 8.73. The van der Waals surface area contributed by atoms with Gasteiger partial charge < -0.3 is 0 Å². The molecule has 0 aromatic carbocycles. The van der Waals surface area contributed by atoms with Crippen LogP contribution in [0.15, 0.2) is 0 Å². The third-order valence-corrected chi connectivity index (χ3v) is 12.5. The molecule has 0 aliphatic rings. The molecule has 313 valence electrons. The van der Waals surface area contributed by atoms with Gasteiger partial charge in [-0.2, -0.15) is 0 Å². The minimum atomic E-state index is 1.01. The Morgan fingerprint density at radius 1 is 0.212 bits per heavy atom. The monoisotopic (exact) mass is 730 g/mol. The molecule has 0 N–H and O–H groups in total. The molecule has 0 heteroatoms. The lowest BCUT2D eigenvalue weighted by Gasteiger charge is -2.17. The van der Waals surface area contributed by atoms with Crippen LogP contribution in [0, 0.1) is 12.8 Å². The molecule has 0 nitrogen and oxygen atoms in total. The topological polar surface area (TPSA) is 0 Å². The van der Waals surface area contributed by atoms with Gasteiger partial charge in [0.25, 0.3) is 0 Å². The van der Waals surface area contributed by atoms with E-state index in [1.807, 2.05) is 0 Å². The summed E-state index contributed by atoms with van der Waals surface area (Å²) in [4.78, 5) is 0. The molecular weight excluding hydrogens is 625 g/mol. The van der Waals surface area contributed by atoms with E-state index in [0.717, 1.165) is 12.3 Å². The van der Waals surface area contributed by atoms with E-state index in [2.05, 4.69) is 20.8 Å². The van der Waals surface area contributed by atoms with Crippen molar-refractivity contribution in [2.24, 2.45) is 5.92 Å². The van der Waals surface area contributed by atoms with Gasteiger partial charge in [-0.25, -0.2) is 0 Å². The summed E-state index contributed by atoms with van der Waals surface area (Å²) >= 11 is 0. The average Bonchev–Trinajstić information content (AvgIpc) is 3.15. The van der Waals surface area contributed by atoms with Crippen molar-refractivity contribution in [3.63, 3.8) is 0 Å². The first kappa shape index (κ1) is 52.0. The average molecular weight is 730 g/mol. The van der Waals surface area contributed by atoms with Gasteiger partial charge in [0.15, 0.2) is 0 Å². The van der Waals surface area contributed by atoms with E-state index in [-0.39, 0.29) is 0 Å². The van der Waals surface area contributed by atoms with Crippen LogP contribution in [-0.4, -0.2) is 0 Å². The first-order valence-corrected chi connectivity index (χ1v) is 25.6. The van der Waals surface area contributed by atoms with Crippen LogP contribution in [0.5, 0.6) is 0 Å². The van der Waals surface area contributed by atoms with E-state index in [0.29, 0.717) is 0 Å². The first-order chi connectivity index (χ1) is 25.8. The highest BCUT2D eigenvalue weighted by molar-refractivity contribution is 4.63. The normalized spacial score (nSPS) is 12.3. The van der Waals surface area contributed by atoms with Gasteiger partial charge in [0.2, 0.25) is 0 Å². The van der Waals surface area contributed by atoms with E-state index in [4.69, 9.17) is 0 Å². The minimum Gasteiger partial charge on any atom is -0.0654 e. The molecule has 0 aliphatic heterocycles. The zero-order valence-electron chi connectivity index (χ0n) is 37.2. The molecule has 0 aromatic heterocycles. The Labute approximate surface area is 333 Å². The fraction of sp³-hybridized carbons (Fsp3) is 0.981. The fourth-order valence-electron chi connectivity index (χ4n) is 8.77. The Morgan fingerprint density at radius 3 is 0.538 bits per heavy atom. The van der Waals surface area contributed by atoms with Gasteiger partial charge in [-0.3, -0.25) is 0 Å². The molecule has 0 heterocycles. The van der Waals surface area contributed by atoms with Gasteiger partial charge in [-0.05, 0) is 5.92 Å². The first-order valence-electron chi connectivity index (χ1n) is 25.6. The summed E-state index contributed by atoms with van der Waals surface area (Å²) in [5.41, 5.74) is 0. The Bertz CT molecular complexity index is 579. The predicted molar refractivity (Wildman–Crippen MR) is 242 cm³/mol. The molecule has 1 unspecified atom stereocenters. The lowest BCUT2D eigenvalue weighted by Crippen LogP contribution is -2.01. The maximum atomic E-state index is 4.10. The molecule has 0 saturated heterocycles. The van der Waals surface area contributed by atoms with Crippen LogP contribution >= 0.6 is 0 Å². The molecule has 0 amide bonds. The van der Waals surface area contributed by atoms with E-state index in [9.17, 15) is 0 Å². The van der Waals surface area contributed by atoms with Crippen molar-refractivity contribution in [1.82, 2.24) is 0 Å². The van der Waals surface area contributed by atoms with Gasteiger partial charge >= 0.3 is 0 Å². The van der Waals surface area contributed by atoms with Crippen molar-refractivity contribution >= 4 is 0 Å². The second-order valence-electron chi connectivity index (χ2n) is 17.9. The van der Waals surface area contributed by atoms with Crippen molar-refractivity contribution in [1.29, 1.82) is 0 Å². The van der Waals surface area contributed by atoms with E-state index in [1.54, 1.807) is 0 Å².